The highest BCUT2D eigenvalue weighted by Gasteiger charge is 2.29. The lowest BCUT2D eigenvalue weighted by atomic mass is 10.0. The molecule has 0 saturated heterocycles. The number of carbonyl (C=O) groups is 1. The van der Waals surface area contributed by atoms with Gasteiger partial charge < -0.3 is 9.84 Å². The average molecular weight is 243 g/mol. The van der Waals surface area contributed by atoms with Crippen LogP contribution in [0.25, 0.3) is 0 Å². The van der Waals surface area contributed by atoms with Crippen LogP contribution in [-0.4, -0.2) is 21.7 Å². The number of aliphatic hydroxyl groups excluding tert-OH is 1. The van der Waals surface area contributed by atoms with Crippen LogP contribution in [0.5, 0.6) is 0 Å². The molecule has 0 radical (unpaired) electrons. The SMILES string of the molecule is CC(C(=O)OC(C)(C)C)C(O)c1cscn1. The number of hydrogen-bond donors (Lipinski definition) is 1. The Kier molecular flexibility index (Phi) is 4.04. The van der Waals surface area contributed by atoms with Crippen molar-refractivity contribution in [3.05, 3.63) is 16.6 Å². The van der Waals surface area contributed by atoms with E-state index in [0.717, 1.165) is 0 Å². The first-order valence-corrected chi connectivity index (χ1v) is 6.04. The maximum absolute atomic E-state index is 11.7. The molecule has 0 aromatic carbocycles. The normalized spacial score (nSPS) is 15.6. The molecule has 0 saturated carbocycles. The lowest BCUT2D eigenvalue weighted by molar-refractivity contribution is -0.163. The summed E-state index contributed by atoms with van der Waals surface area (Å²) in [5.41, 5.74) is 1.61. The minimum absolute atomic E-state index is 0.409. The third-order valence-corrected chi connectivity index (χ3v) is 2.61. The van der Waals surface area contributed by atoms with Crippen LogP contribution in [0.3, 0.4) is 0 Å². The maximum atomic E-state index is 11.7. The summed E-state index contributed by atoms with van der Waals surface area (Å²) in [4.78, 5) is 15.7. The Morgan fingerprint density at radius 2 is 2.19 bits per heavy atom. The highest BCUT2D eigenvalue weighted by molar-refractivity contribution is 7.07. The lowest BCUT2D eigenvalue weighted by Gasteiger charge is -2.23. The molecule has 1 aromatic rings. The van der Waals surface area contributed by atoms with Crippen LogP contribution >= 0.6 is 11.3 Å². The fourth-order valence-electron chi connectivity index (χ4n) is 1.15. The highest BCUT2D eigenvalue weighted by atomic mass is 32.1. The van der Waals surface area contributed by atoms with E-state index in [1.165, 1.54) is 11.3 Å². The minimum atomic E-state index is -0.902. The van der Waals surface area contributed by atoms with Crippen LogP contribution < -0.4 is 0 Å². The number of carbonyl (C=O) groups excluding carboxylic acids is 1. The highest BCUT2D eigenvalue weighted by Crippen LogP contribution is 2.24. The number of nitrogens with zero attached hydrogens (tertiary/aromatic N) is 1. The molecule has 16 heavy (non-hydrogen) atoms. The second kappa shape index (κ2) is 4.93. The van der Waals surface area contributed by atoms with Crippen LogP contribution in [0.1, 0.15) is 39.5 Å². The van der Waals surface area contributed by atoms with Crippen molar-refractivity contribution in [3.63, 3.8) is 0 Å². The summed E-state index contributed by atoms with van der Waals surface area (Å²) in [7, 11) is 0. The van der Waals surface area contributed by atoms with Gasteiger partial charge in [-0.2, -0.15) is 0 Å². The van der Waals surface area contributed by atoms with E-state index in [0.29, 0.717) is 5.69 Å². The predicted octanol–water partition coefficient (Wildman–Crippen LogP) is 2.15. The molecule has 2 atom stereocenters. The van der Waals surface area contributed by atoms with E-state index in [9.17, 15) is 9.90 Å². The Morgan fingerprint density at radius 3 is 2.62 bits per heavy atom. The first kappa shape index (κ1) is 13.1. The maximum Gasteiger partial charge on any atom is 0.312 e. The van der Waals surface area contributed by atoms with Crippen molar-refractivity contribution in [3.8, 4) is 0 Å². The third-order valence-electron chi connectivity index (χ3n) is 2.01. The van der Waals surface area contributed by atoms with E-state index in [1.807, 2.05) is 0 Å². The van der Waals surface area contributed by atoms with E-state index >= 15 is 0 Å². The van der Waals surface area contributed by atoms with Crippen LogP contribution in [0.15, 0.2) is 10.9 Å². The number of hydrogen-bond acceptors (Lipinski definition) is 5. The molecule has 0 spiro atoms. The summed E-state index contributed by atoms with van der Waals surface area (Å²) < 4.78 is 5.20. The molecule has 1 aromatic heterocycles. The molecule has 5 heteroatoms. The van der Waals surface area contributed by atoms with Gasteiger partial charge in [-0.15, -0.1) is 11.3 Å². The summed E-state index contributed by atoms with van der Waals surface area (Å²) in [6.45, 7) is 7.03. The minimum Gasteiger partial charge on any atom is -0.460 e. The summed E-state index contributed by atoms with van der Waals surface area (Å²) in [5, 5.41) is 11.6. The van der Waals surface area contributed by atoms with E-state index in [1.54, 1.807) is 38.6 Å². The van der Waals surface area contributed by atoms with Crippen molar-refractivity contribution in [2.75, 3.05) is 0 Å². The first-order valence-electron chi connectivity index (χ1n) is 5.10. The fraction of sp³-hybridized carbons (Fsp3) is 0.636. The average Bonchev–Trinajstić information content (AvgIpc) is 2.65. The molecule has 0 aliphatic rings. The molecule has 0 aliphatic heterocycles. The van der Waals surface area contributed by atoms with Crippen molar-refractivity contribution in [2.24, 2.45) is 5.92 Å². The summed E-state index contributed by atoms with van der Waals surface area (Å²) in [6, 6.07) is 0. The number of aliphatic hydroxyl groups is 1. The van der Waals surface area contributed by atoms with Crippen molar-refractivity contribution < 1.29 is 14.6 Å². The fourth-order valence-corrected chi connectivity index (χ4v) is 1.73. The Balaban J connectivity index is 2.64. The number of rotatable bonds is 3. The smallest absolute Gasteiger partial charge is 0.312 e. The van der Waals surface area contributed by atoms with Gasteiger partial charge in [0.2, 0.25) is 0 Å². The number of ether oxygens (including phenoxy) is 1. The van der Waals surface area contributed by atoms with E-state index < -0.39 is 23.6 Å². The third kappa shape index (κ3) is 3.57. The van der Waals surface area contributed by atoms with Crippen molar-refractivity contribution in [1.29, 1.82) is 0 Å². The molecule has 2 unspecified atom stereocenters. The molecule has 1 heterocycles. The van der Waals surface area contributed by atoms with Crippen LogP contribution in [0.4, 0.5) is 0 Å². The largest absolute Gasteiger partial charge is 0.460 e. The molecule has 1 N–H and O–H groups in total. The first-order chi connectivity index (χ1) is 7.31. The van der Waals surface area contributed by atoms with Gasteiger partial charge >= 0.3 is 5.97 Å². The molecule has 1 rings (SSSR count). The Labute approximate surface area is 99.3 Å². The Hall–Kier alpha value is -0.940. The molecular formula is C11H17NO3S. The predicted molar refractivity (Wildman–Crippen MR) is 62.1 cm³/mol. The van der Waals surface area contributed by atoms with Crippen molar-refractivity contribution in [2.45, 2.75) is 39.4 Å². The molecule has 4 nitrogen and oxygen atoms in total. The Bertz CT molecular complexity index is 343. The van der Waals surface area contributed by atoms with Gasteiger partial charge in [0.25, 0.3) is 0 Å². The molecule has 0 amide bonds. The second-order valence-corrected chi connectivity index (χ2v) is 5.40. The summed E-state index contributed by atoms with van der Waals surface area (Å²) in [5.74, 6) is -1.02. The van der Waals surface area contributed by atoms with Crippen LogP contribution in [-0.2, 0) is 9.53 Å². The van der Waals surface area contributed by atoms with Crippen molar-refractivity contribution >= 4 is 17.3 Å². The van der Waals surface area contributed by atoms with Crippen LogP contribution in [0, 0.1) is 5.92 Å². The van der Waals surface area contributed by atoms with E-state index in [4.69, 9.17) is 4.74 Å². The monoisotopic (exact) mass is 243 g/mol. The molecule has 90 valence electrons. The van der Waals surface area contributed by atoms with Gasteiger partial charge in [0, 0.05) is 5.38 Å². The van der Waals surface area contributed by atoms with Gasteiger partial charge in [-0.05, 0) is 27.7 Å². The van der Waals surface area contributed by atoms with Gasteiger partial charge in [0.1, 0.15) is 11.7 Å². The van der Waals surface area contributed by atoms with Crippen molar-refractivity contribution in [1.82, 2.24) is 4.98 Å². The molecular weight excluding hydrogens is 226 g/mol. The van der Waals surface area contributed by atoms with Gasteiger partial charge in [0.15, 0.2) is 0 Å². The van der Waals surface area contributed by atoms with E-state index in [-0.39, 0.29) is 0 Å². The number of aromatic nitrogens is 1. The zero-order chi connectivity index (χ0) is 12.3. The van der Waals surface area contributed by atoms with Gasteiger partial charge in [0.05, 0.1) is 17.1 Å². The number of esters is 1. The number of thiazole rings is 1. The zero-order valence-electron chi connectivity index (χ0n) is 9.93. The standard InChI is InChI=1S/C11H17NO3S/c1-7(10(14)15-11(2,3)4)9(13)8-5-16-6-12-8/h5-7,9,13H,1-4H3. The second-order valence-electron chi connectivity index (χ2n) is 4.68. The van der Waals surface area contributed by atoms with Gasteiger partial charge in [-0.25, -0.2) is 4.98 Å². The van der Waals surface area contributed by atoms with Gasteiger partial charge in [-0.3, -0.25) is 4.79 Å². The molecule has 0 aliphatic carbocycles. The zero-order valence-corrected chi connectivity index (χ0v) is 10.7. The van der Waals surface area contributed by atoms with E-state index in [2.05, 4.69) is 4.98 Å². The van der Waals surface area contributed by atoms with Crippen LogP contribution in [0.2, 0.25) is 0 Å². The summed E-state index contributed by atoms with van der Waals surface area (Å²) >= 11 is 1.39. The topological polar surface area (TPSA) is 59.4 Å². The molecule has 0 fully saturated rings. The van der Waals surface area contributed by atoms with Gasteiger partial charge in [-0.1, -0.05) is 0 Å². The summed E-state index contributed by atoms with van der Waals surface area (Å²) in [6.07, 6.45) is -0.902. The lowest BCUT2D eigenvalue weighted by Crippen LogP contribution is -2.30. The Morgan fingerprint density at radius 1 is 1.56 bits per heavy atom. The molecule has 0 bridgehead atoms. The quantitative estimate of drug-likeness (QED) is 0.826.